The summed E-state index contributed by atoms with van der Waals surface area (Å²) >= 11 is -0.977. The van der Waals surface area contributed by atoms with Crippen LogP contribution in [0.1, 0.15) is 13.8 Å². The fourth-order valence-corrected chi connectivity index (χ4v) is 6.45. The molecule has 0 fully saturated rings. The molecule has 1 aliphatic rings. The van der Waals surface area contributed by atoms with E-state index < -0.39 is 14.7 Å². The average Bonchev–Trinajstić information content (AvgIpc) is 2.48. The zero-order chi connectivity index (χ0) is 9.26. The minimum absolute atomic E-state index is 0.977. The van der Waals surface area contributed by atoms with Crippen LogP contribution in [0, 0.1) is 0 Å². The van der Waals surface area contributed by atoms with Gasteiger partial charge in [0.2, 0.25) is 0 Å². The summed E-state index contributed by atoms with van der Waals surface area (Å²) in [5.74, 6) is 0. The summed E-state index contributed by atoms with van der Waals surface area (Å²) in [6, 6.07) is 10.9. The first-order valence-corrected chi connectivity index (χ1v) is 7.31. The van der Waals surface area contributed by atoms with Crippen molar-refractivity contribution in [3.05, 3.63) is 51.2 Å². The van der Waals surface area contributed by atoms with E-state index in [9.17, 15) is 0 Å². The molecule has 0 bridgehead atoms. The molecular weight excluding hydrogens is 219 g/mol. The van der Waals surface area contributed by atoms with E-state index in [1.165, 1.54) is 0 Å². The van der Waals surface area contributed by atoms with E-state index in [2.05, 4.69) is 56.3 Å². The van der Waals surface area contributed by atoms with E-state index in [4.69, 9.17) is 0 Å². The number of rotatable bonds is 1. The maximum atomic E-state index is 2.28. The van der Waals surface area contributed by atoms with Crippen LogP contribution in [0.5, 0.6) is 0 Å². The summed E-state index contributed by atoms with van der Waals surface area (Å²) in [5, 5.41) is 0. The quantitative estimate of drug-likeness (QED) is 0.652. The predicted octanol–water partition coefficient (Wildman–Crippen LogP) is 2.37. The minimum atomic E-state index is -0.977. The van der Waals surface area contributed by atoms with Crippen LogP contribution in [0.2, 0.25) is 0 Å². The van der Waals surface area contributed by atoms with Gasteiger partial charge in [-0.15, -0.1) is 0 Å². The van der Waals surface area contributed by atoms with Crippen molar-refractivity contribution in [3.8, 4) is 0 Å². The first-order chi connectivity index (χ1) is 6.29. The van der Waals surface area contributed by atoms with Crippen LogP contribution >= 0.6 is 0 Å². The topological polar surface area (TPSA) is 0 Å². The second-order valence-electron chi connectivity index (χ2n) is 3.29. The van der Waals surface area contributed by atoms with Crippen molar-refractivity contribution in [1.82, 2.24) is 0 Å². The monoisotopic (exact) mass is 232 g/mol. The molecule has 1 heterocycles. The van der Waals surface area contributed by atoms with Crippen molar-refractivity contribution >= 4 is 19.0 Å². The van der Waals surface area contributed by atoms with Crippen molar-refractivity contribution in [1.29, 1.82) is 0 Å². The third kappa shape index (κ3) is 1.64. The van der Waals surface area contributed by atoms with Gasteiger partial charge >= 0.3 is 84.1 Å². The van der Waals surface area contributed by atoms with Gasteiger partial charge in [-0.3, -0.25) is 0 Å². The molecule has 0 nitrogen and oxygen atoms in total. The second kappa shape index (κ2) is 3.55. The Labute approximate surface area is 84.2 Å². The molecule has 2 rings (SSSR count). The molecule has 0 radical (unpaired) electrons. The normalized spacial score (nSPS) is 17.1. The van der Waals surface area contributed by atoms with Crippen LogP contribution in [-0.2, 0) is 0 Å². The Kier molecular flexibility index (Phi) is 2.42. The Balaban J connectivity index is 2.38. The van der Waals surface area contributed by atoms with Gasteiger partial charge in [0.25, 0.3) is 0 Å². The van der Waals surface area contributed by atoms with Gasteiger partial charge in [-0.25, -0.2) is 0 Å². The van der Waals surface area contributed by atoms with Gasteiger partial charge in [-0.1, -0.05) is 0 Å². The van der Waals surface area contributed by atoms with Gasteiger partial charge in [0, 0.05) is 0 Å². The van der Waals surface area contributed by atoms with Gasteiger partial charge in [0.15, 0.2) is 0 Å². The van der Waals surface area contributed by atoms with Gasteiger partial charge < -0.3 is 0 Å². The Morgan fingerprint density at radius 2 is 1.38 bits per heavy atom. The second-order valence-corrected chi connectivity index (χ2v) is 8.74. The molecule has 0 amide bonds. The molecule has 0 saturated carbocycles. The van der Waals surface area contributed by atoms with Crippen LogP contribution in [0.3, 0.4) is 0 Å². The van der Waals surface area contributed by atoms with E-state index in [0.717, 1.165) is 0 Å². The Morgan fingerprint density at radius 1 is 0.846 bits per heavy atom. The predicted molar refractivity (Wildman–Crippen MR) is 59.3 cm³/mol. The Bertz CT molecular complexity index is 342. The van der Waals surface area contributed by atoms with Crippen LogP contribution < -0.4 is 4.35 Å². The van der Waals surface area contributed by atoms with E-state index in [1.54, 1.807) is 13.1 Å². The first-order valence-electron chi connectivity index (χ1n) is 4.49. The number of allylic oxidation sites excluding steroid dienone is 4. The van der Waals surface area contributed by atoms with Gasteiger partial charge in [-0.05, 0) is 0 Å². The molecule has 13 heavy (non-hydrogen) atoms. The van der Waals surface area contributed by atoms with Gasteiger partial charge in [0.05, 0.1) is 0 Å². The van der Waals surface area contributed by atoms with Crippen molar-refractivity contribution in [2.45, 2.75) is 13.8 Å². The molecule has 0 aliphatic carbocycles. The summed E-state index contributed by atoms with van der Waals surface area (Å²) in [6.07, 6.45) is 4.56. The zero-order valence-electron chi connectivity index (χ0n) is 7.99. The molecule has 0 unspecified atom stereocenters. The summed E-state index contributed by atoms with van der Waals surface area (Å²) in [6.45, 7) is 4.53. The van der Waals surface area contributed by atoms with Gasteiger partial charge in [-0.2, -0.15) is 0 Å². The maximum absolute atomic E-state index is 2.28. The SMILES string of the molecule is CC1=CC=C(C)[As]1c1ccccc1. The molecule has 1 aromatic carbocycles. The summed E-state index contributed by atoms with van der Waals surface area (Å²) in [4.78, 5) is 0. The van der Waals surface area contributed by atoms with E-state index in [0.29, 0.717) is 0 Å². The van der Waals surface area contributed by atoms with Crippen molar-refractivity contribution in [3.63, 3.8) is 0 Å². The first kappa shape index (κ1) is 8.84. The van der Waals surface area contributed by atoms with Crippen LogP contribution in [0.4, 0.5) is 0 Å². The summed E-state index contributed by atoms with van der Waals surface area (Å²) in [7, 11) is 0. The van der Waals surface area contributed by atoms with E-state index >= 15 is 0 Å². The van der Waals surface area contributed by atoms with Gasteiger partial charge in [0.1, 0.15) is 0 Å². The van der Waals surface area contributed by atoms with Crippen LogP contribution in [0.25, 0.3) is 0 Å². The standard InChI is InChI=1S/C12H13As/c1-10-8-9-11(2)13(10)12-6-4-3-5-7-12/h3-9H,1-2H3. The third-order valence-electron chi connectivity index (χ3n) is 2.29. The molecule has 66 valence electrons. The Morgan fingerprint density at radius 3 is 1.92 bits per heavy atom. The number of hydrogen-bond donors (Lipinski definition) is 0. The molecule has 1 aliphatic heterocycles. The average molecular weight is 232 g/mol. The van der Waals surface area contributed by atoms with E-state index in [1.807, 2.05) is 0 Å². The summed E-state index contributed by atoms with van der Waals surface area (Å²) < 4.78 is 4.74. The van der Waals surface area contributed by atoms with E-state index in [-0.39, 0.29) is 0 Å². The molecule has 0 N–H and O–H groups in total. The molecule has 0 saturated heterocycles. The Hall–Kier alpha value is -0.742. The molecular formula is C12H13As. The summed E-state index contributed by atoms with van der Waals surface area (Å²) in [5.41, 5.74) is 0. The molecule has 1 heteroatoms. The van der Waals surface area contributed by atoms with Crippen molar-refractivity contribution in [2.75, 3.05) is 0 Å². The van der Waals surface area contributed by atoms with Crippen molar-refractivity contribution < 1.29 is 0 Å². The molecule has 0 spiro atoms. The zero-order valence-corrected chi connectivity index (χ0v) is 9.87. The number of hydrogen-bond acceptors (Lipinski definition) is 0. The number of benzene rings is 1. The fourth-order valence-electron chi connectivity index (χ4n) is 1.65. The third-order valence-corrected chi connectivity index (χ3v) is 7.58. The molecule has 1 aromatic rings. The molecule has 0 atom stereocenters. The van der Waals surface area contributed by atoms with Crippen molar-refractivity contribution in [2.24, 2.45) is 0 Å². The van der Waals surface area contributed by atoms with Crippen LogP contribution in [0.15, 0.2) is 51.2 Å². The molecule has 0 aromatic heterocycles. The fraction of sp³-hybridized carbons (Fsp3) is 0.167. The van der Waals surface area contributed by atoms with Crippen LogP contribution in [-0.4, -0.2) is 14.7 Å².